The number of anilines is 2. The van der Waals surface area contributed by atoms with E-state index in [1.54, 1.807) is 37.4 Å². The van der Waals surface area contributed by atoms with Gasteiger partial charge in [-0.05, 0) is 200 Å². The fourth-order valence-corrected chi connectivity index (χ4v) is 15.0. The number of hydrogen-bond donors (Lipinski definition) is 1. The molecule has 1 N–H and O–H groups in total. The van der Waals surface area contributed by atoms with Crippen LogP contribution in [0.25, 0.3) is 11.1 Å². The van der Waals surface area contributed by atoms with Gasteiger partial charge in [-0.1, -0.05) is 299 Å². The molecule has 1 saturated heterocycles. The zero-order chi connectivity index (χ0) is 85.4. The number of carbonyl (C=O) groups excluding carboxylic acids is 2. The van der Waals surface area contributed by atoms with Crippen LogP contribution in [0.15, 0.2) is 251 Å². The number of halogens is 2. The number of sulfone groups is 2. The minimum Gasteiger partial charge on any atom is -0.491 e. The highest BCUT2D eigenvalue weighted by Crippen LogP contribution is 2.34. The second-order valence-corrected chi connectivity index (χ2v) is 39.7. The zero-order valence-corrected chi connectivity index (χ0v) is 74.9. The van der Waals surface area contributed by atoms with Gasteiger partial charge in [0.1, 0.15) is 35.2 Å². The van der Waals surface area contributed by atoms with Crippen LogP contribution in [0.3, 0.4) is 0 Å². The molecule has 0 bridgehead atoms. The Morgan fingerprint density at radius 3 is 1.50 bits per heavy atom. The molecule has 2 heterocycles. The number of nitrogens with zero attached hydrogens (tertiary/aromatic N) is 2. The molecule has 0 atom stereocenters. The number of fused-ring (bicyclic) bond motifs is 1. The van der Waals surface area contributed by atoms with Crippen molar-refractivity contribution in [1.29, 1.82) is 0 Å². The van der Waals surface area contributed by atoms with E-state index in [4.69, 9.17) is 41.8 Å². The number of carbonyl (C=O) groups is 2. The van der Waals surface area contributed by atoms with Gasteiger partial charge in [0.2, 0.25) is 0 Å². The standard InChI is InChI=1S/C20H24O.C17H18Cl2O2S.C17H18N2O.C16H23NO.C16H18O3S.C13H20O2.CH4/c1-15-6-5-7-17(12-15)14-19(21)13-16-8-10-18(11-9-16)20(2,3)4;1-17(2,3)13-9-7-12(8-10-13)11-22(20,21)15-6-4-5-14(18)16(15)19;1-17(2,3)12-8-10-13(11-9-12)18-16-19-14-6-4-5-7-15(14)20-16;1-16(2,3)14-9-7-13(8-10-14)15(18)17-11-5-4-6-12-17;1-12(2)13-7-9-14(10-8-13)19-15-5-4-6-16(11-15)20(3,17)18;1-13(2,3)11-5-7-12(8-6-11)15-10-9-14-4;/h5-12H,13-14H2,1-4H3;4-10H,11H2,1-3H3;4-11H,1-3H3,(H,18,19);7-10H,4-6,11-12H2,1-3H3;4-12H,1-3H3;5-8H,9-10H2,1-4H3;1H4. The van der Waals surface area contributed by atoms with Crippen molar-refractivity contribution >= 4 is 77.4 Å². The van der Waals surface area contributed by atoms with Crippen LogP contribution in [-0.4, -0.2) is 78.1 Å². The van der Waals surface area contributed by atoms with E-state index in [0.29, 0.717) is 49.5 Å². The number of piperidine rings is 1. The molecule has 0 radical (unpaired) electrons. The maximum atomic E-state index is 12.5. The second kappa shape index (κ2) is 43.4. The number of para-hydroxylation sites is 2. The zero-order valence-electron chi connectivity index (χ0n) is 71.7. The Bertz CT molecular complexity index is 5130. The average molecular weight is 1660 g/mol. The Hall–Kier alpha value is -9.35. The SMILES string of the molecule is C.CC(C)(C)c1ccc(C(=O)N2CCCCC2)cc1.CC(C)(C)c1ccc(CS(=O)(=O)c2cccc(Cl)c2Cl)cc1.CC(C)(C)c1ccc(Nc2nc3ccccc3o2)cc1.CC(C)c1ccc(Oc2cccc(S(C)(=O)=O)c2)cc1.COCCOc1ccc(C(C)(C)C)cc1.Cc1cccc(CC(=O)Cc2ccc(C(C)(C)C)cc2)c1. The van der Waals surface area contributed by atoms with Gasteiger partial charge in [0.25, 0.3) is 11.9 Å². The van der Waals surface area contributed by atoms with E-state index < -0.39 is 19.7 Å². The maximum absolute atomic E-state index is 12.5. The lowest BCUT2D eigenvalue weighted by Crippen LogP contribution is -2.35. The number of ether oxygens (including phenoxy) is 3. The molecule has 1 aliphatic rings. The van der Waals surface area contributed by atoms with Crippen molar-refractivity contribution in [1.82, 2.24) is 9.88 Å². The van der Waals surface area contributed by atoms with E-state index in [2.05, 4.69) is 220 Å². The number of methoxy groups -OCH3 is 1. The van der Waals surface area contributed by atoms with Crippen LogP contribution < -0.4 is 14.8 Å². The molecule has 10 aromatic carbocycles. The fraction of sp³-hybridized carbons (Fsp3) is 0.370. The number of Topliss-reactive ketones (excluding diaryl/α,β-unsaturated/α-hetero) is 1. The summed E-state index contributed by atoms with van der Waals surface area (Å²) in [7, 11) is -5.07. The number of oxazole rings is 1. The second-order valence-electron chi connectivity index (χ2n) is 34.9. The number of benzene rings is 10. The third kappa shape index (κ3) is 31.8. The lowest BCUT2D eigenvalue weighted by atomic mass is 9.86. The summed E-state index contributed by atoms with van der Waals surface area (Å²) < 4.78 is 69.8. The first-order valence-electron chi connectivity index (χ1n) is 39.7. The third-order valence-electron chi connectivity index (χ3n) is 19.4. The molecule has 626 valence electrons. The monoisotopic (exact) mass is 1660 g/mol. The molecule has 1 amide bonds. The molecule has 117 heavy (non-hydrogen) atoms. The topological polar surface area (TPSA) is 171 Å². The van der Waals surface area contributed by atoms with Gasteiger partial charge in [-0.15, -0.1) is 0 Å². The molecule has 1 aromatic heterocycles. The molecule has 0 unspecified atom stereocenters. The summed E-state index contributed by atoms with van der Waals surface area (Å²) in [6.45, 7) is 42.1. The Balaban J connectivity index is 0.000000218. The van der Waals surface area contributed by atoms with Crippen molar-refractivity contribution in [3.63, 3.8) is 0 Å². The smallest absolute Gasteiger partial charge is 0.300 e. The lowest BCUT2D eigenvalue weighted by molar-refractivity contribution is -0.117. The molecule has 17 heteroatoms. The minimum absolute atomic E-state index is 0. The number of rotatable bonds is 18. The highest BCUT2D eigenvalue weighted by Gasteiger charge is 2.24. The van der Waals surface area contributed by atoms with Gasteiger partial charge in [0, 0.05) is 50.5 Å². The van der Waals surface area contributed by atoms with Gasteiger partial charge < -0.3 is 28.8 Å². The fourth-order valence-electron chi connectivity index (χ4n) is 12.2. The van der Waals surface area contributed by atoms with E-state index in [9.17, 15) is 26.4 Å². The highest BCUT2D eigenvalue weighted by molar-refractivity contribution is 7.91. The molecular formula is C100H125Cl2N3O10S2. The van der Waals surface area contributed by atoms with Crippen molar-refractivity contribution in [2.75, 3.05) is 45.0 Å². The van der Waals surface area contributed by atoms with Gasteiger partial charge in [0.15, 0.2) is 25.3 Å². The highest BCUT2D eigenvalue weighted by atomic mass is 35.5. The van der Waals surface area contributed by atoms with Crippen molar-refractivity contribution in [2.45, 2.75) is 213 Å². The summed E-state index contributed by atoms with van der Waals surface area (Å²) in [5.74, 6) is 2.94. The molecule has 0 spiro atoms. The largest absolute Gasteiger partial charge is 0.491 e. The summed E-state index contributed by atoms with van der Waals surface area (Å²) in [5, 5.41) is 3.51. The van der Waals surface area contributed by atoms with Crippen LogP contribution in [0.2, 0.25) is 10.0 Å². The molecule has 1 fully saturated rings. The molecule has 12 rings (SSSR count). The van der Waals surface area contributed by atoms with Crippen LogP contribution in [0, 0.1) is 6.92 Å². The number of aromatic nitrogens is 1. The van der Waals surface area contributed by atoms with Gasteiger partial charge in [-0.3, -0.25) is 9.59 Å². The predicted molar refractivity (Wildman–Crippen MR) is 488 cm³/mol. The van der Waals surface area contributed by atoms with Crippen molar-refractivity contribution < 1.29 is 45.1 Å². The van der Waals surface area contributed by atoms with E-state index in [1.165, 1.54) is 58.2 Å². The normalized spacial score (nSPS) is 12.4. The van der Waals surface area contributed by atoms with Crippen LogP contribution in [-0.2, 0) is 74.9 Å². The number of hydrogen-bond acceptors (Lipinski definition) is 12. The first kappa shape index (κ1) is 96.5. The number of amides is 1. The number of ketones is 1. The van der Waals surface area contributed by atoms with Crippen LogP contribution in [0.4, 0.5) is 11.7 Å². The number of likely N-dealkylation sites (tertiary alicyclic amines) is 1. The maximum Gasteiger partial charge on any atom is 0.300 e. The molecule has 13 nitrogen and oxygen atoms in total. The van der Waals surface area contributed by atoms with E-state index in [-0.39, 0.29) is 71.8 Å². The van der Waals surface area contributed by atoms with Gasteiger partial charge in [-0.2, -0.15) is 4.98 Å². The molecule has 0 aliphatic carbocycles. The van der Waals surface area contributed by atoms with E-state index >= 15 is 0 Å². The molecule has 1 aliphatic heterocycles. The van der Waals surface area contributed by atoms with Crippen LogP contribution in [0.5, 0.6) is 17.2 Å². The van der Waals surface area contributed by atoms with Crippen LogP contribution >= 0.6 is 23.2 Å². The average Bonchev–Trinajstić information content (AvgIpc) is 1.25. The summed E-state index contributed by atoms with van der Waals surface area (Å²) in [6, 6.07) is 76.1. The van der Waals surface area contributed by atoms with Gasteiger partial charge >= 0.3 is 0 Å². The summed E-state index contributed by atoms with van der Waals surface area (Å²) >= 11 is 11.9. The van der Waals surface area contributed by atoms with Crippen LogP contribution in [0.1, 0.15) is 216 Å². The summed E-state index contributed by atoms with van der Waals surface area (Å²) in [6.07, 6.45) is 5.76. The van der Waals surface area contributed by atoms with Gasteiger partial charge in [-0.25, -0.2) is 16.8 Å². The third-order valence-corrected chi connectivity index (χ3v) is 23.1. The first-order chi connectivity index (χ1) is 54.4. The molecular weight excluding hydrogens is 1540 g/mol. The van der Waals surface area contributed by atoms with Gasteiger partial charge in [0.05, 0.1) is 32.2 Å². The summed E-state index contributed by atoms with van der Waals surface area (Å²) in [4.78, 5) is 31.2. The van der Waals surface area contributed by atoms with E-state index in [1.807, 2.05) is 114 Å². The predicted octanol–water partition coefficient (Wildman–Crippen LogP) is 26.0. The van der Waals surface area contributed by atoms with Crippen molar-refractivity contribution in [3.05, 3.63) is 308 Å². The molecule has 11 aromatic rings. The van der Waals surface area contributed by atoms with Crippen molar-refractivity contribution in [3.8, 4) is 17.2 Å². The molecule has 0 saturated carbocycles. The summed E-state index contributed by atoms with van der Waals surface area (Å²) in [5.41, 5.74) is 15.9. The Morgan fingerprint density at radius 2 is 0.991 bits per heavy atom. The minimum atomic E-state index is -3.53. The Labute approximate surface area is 710 Å². The van der Waals surface area contributed by atoms with E-state index in [0.717, 1.165) is 76.3 Å². The first-order valence-corrected chi connectivity index (χ1v) is 44.0. The Kier molecular flexibility index (Phi) is 35.8. The van der Waals surface area contributed by atoms with Crippen molar-refractivity contribution in [2.24, 2.45) is 0 Å². The lowest BCUT2D eigenvalue weighted by Gasteiger charge is -2.27. The number of nitrogens with one attached hydrogen (secondary N) is 1. The quantitative estimate of drug-likeness (QED) is 0.0807. The Morgan fingerprint density at radius 1 is 0.513 bits per heavy atom. The number of aryl methyl sites for hydroxylation is 1.